The Morgan fingerprint density at radius 3 is 1.61 bits per heavy atom. The van der Waals surface area contributed by atoms with Gasteiger partial charge in [0.15, 0.2) is 12.1 Å². The molecular weight excluding hydrogens is 642 g/mol. The van der Waals surface area contributed by atoms with Crippen molar-refractivity contribution >= 4 is 17.9 Å². The van der Waals surface area contributed by atoms with E-state index in [1.807, 2.05) is 21.1 Å². The van der Waals surface area contributed by atoms with E-state index in [4.69, 9.17) is 14.2 Å². The van der Waals surface area contributed by atoms with Gasteiger partial charge in [0, 0.05) is 19.3 Å². The van der Waals surface area contributed by atoms with E-state index in [0.29, 0.717) is 19.3 Å². The first-order valence-corrected chi connectivity index (χ1v) is 20.9. The largest absolute Gasteiger partial charge is 0.477 e. The van der Waals surface area contributed by atoms with Gasteiger partial charge >= 0.3 is 17.9 Å². The van der Waals surface area contributed by atoms with Crippen LogP contribution in [0.2, 0.25) is 0 Å². The second-order valence-corrected chi connectivity index (χ2v) is 15.2. The molecule has 0 aliphatic carbocycles. The summed E-state index contributed by atoms with van der Waals surface area (Å²) in [6.45, 7) is 4.63. The zero-order chi connectivity index (χ0) is 37.8. The highest BCUT2D eigenvalue weighted by molar-refractivity contribution is 5.72. The van der Waals surface area contributed by atoms with E-state index in [1.165, 1.54) is 89.9 Å². The van der Waals surface area contributed by atoms with Gasteiger partial charge in [0.2, 0.25) is 0 Å². The van der Waals surface area contributed by atoms with E-state index in [9.17, 15) is 19.5 Å². The summed E-state index contributed by atoms with van der Waals surface area (Å²) in [4.78, 5) is 36.9. The third kappa shape index (κ3) is 33.4. The Morgan fingerprint density at radius 2 is 1.10 bits per heavy atom. The van der Waals surface area contributed by atoms with Gasteiger partial charge in [-0.3, -0.25) is 9.59 Å². The molecular formula is C43H80NO7+. The number of ether oxygens (including phenoxy) is 3. The summed E-state index contributed by atoms with van der Waals surface area (Å²) in [6, 6.07) is -0.612. The van der Waals surface area contributed by atoms with Crippen molar-refractivity contribution in [2.24, 2.45) is 0 Å². The van der Waals surface area contributed by atoms with E-state index in [1.54, 1.807) is 0 Å². The summed E-state index contributed by atoms with van der Waals surface area (Å²) in [6.07, 6.45) is 36.4. The minimum absolute atomic E-state index is 0.0503. The summed E-state index contributed by atoms with van der Waals surface area (Å²) in [7, 11) is 5.52. The normalized spacial score (nSPS) is 13.2. The lowest BCUT2D eigenvalue weighted by atomic mass is 10.0. The molecule has 8 heteroatoms. The first-order valence-electron chi connectivity index (χ1n) is 20.9. The minimum Gasteiger partial charge on any atom is -0.477 e. The number of unbranched alkanes of at least 4 members (excludes halogenated alkanes) is 19. The monoisotopic (exact) mass is 723 g/mol. The lowest BCUT2D eigenvalue weighted by Crippen LogP contribution is -2.50. The van der Waals surface area contributed by atoms with Crippen molar-refractivity contribution < 1.29 is 38.2 Å². The van der Waals surface area contributed by atoms with Gasteiger partial charge in [-0.15, -0.1) is 0 Å². The molecule has 0 radical (unpaired) electrons. The van der Waals surface area contributed by atoms with Gasteiger partial charge in [0.1, 0.15) is 6.61 Å². The number of esters is 2. The number of likely N-dealkylation sites (N-methyl/N-ethyl adjacent to an activating group) is 1. The van der Waals surface area contributed by atoms with Crippen LogP contribution in [0.5, 0.6) is 0 Å². The number of carboxylic acids is 1. The number of aliphatic carboxylic acids is 1. The third-order valence-electron chi connectivity index (χ3n) is 9.37. The van der Waals surface area contributed by atoms with E-state index >= 15 is 0 Å². The third-order valence-corrected chi connectivity index (χ3v) is 9.37. The number of carboxylic acid groups (broad SMARTS) is 1. The molecule has 0 aromatic heterocycles. The van der Waals surface area contributed by atoms with Gasteiger partial charge in [-0.05, 0) is 38.5 Å². The summed E-state index contributed by atoms with van der Waals surface area (Å²) in [5.41, 5.74) is 0. The molecule has 0 aliphatic heterocycles. The number of hydrogen-bond donors (Lipinski definition) is 1. The molecule has 0 bridgehead atoms. The van der Waals surface area contributed by atoms with Crippen LogP contribution in [0.25, 0.3) is 0 Å². The second kappa shape index (κ2) is 34.9. The molecule has 0 spiro atoms. The Morgan fingerprint density at radius 1 is 0.608 bits per heavy atom. The molecule has 51 heavy (non-hydrogen) atoms. The van der Waals surface area contributed by atoms with Gasteiger partial charge in [-0.2, -0.15) is 0 Å². The van der Waals surface area contributed by atoms with Crippen molar-refractivity contribution in [3.05, 3.63) is 24.3 Å². The maximum Gasteiger partial charge on any atom is 0.362 e. The summed E-state index contributed by atoms with van der Waals surface area (Å²) in [5.74, 6) is -1.47. The van der Waals surface area contributed by atoms with Crippen LogP contribution in [0, 0.1) is 0 Å². The second-order valence-electron chi connectivity index (χ2n) is 15.2. The van der Waals surface area contributed by atoms with Crippen molar-refractivity contribution in [3.63, 3.8) is 0 Å². The molecule has 8 nitrogen and oxygen atoms in total. The van der Waals surface area contributed by atoms with Crippen molar-refractivity contribution in [1.29, 1.82) is 0 Å². The lowest BCUT2D eigenvalue weighted by Gasteiger charge is -2.31. The predicted octanol–water partition coefficient (Wildman–Crippen LogP) is 10.9. The average Bonchev–Trinajstić information content (AvgIpc) is 3.08. The fraction of sp³-hybridized carbons (Fsp3) is 0.837. The fourth-order valence-corrected chi connectivity index (χ4v) is 6.13. The Labute approximate surface area is 313 Å². The number of hydrogen-bond acceptors (Lipinski definition) is 6. The highest BCUT2D eigenvalue weighted by atomic mass is 16.6. The van der Waals surface area contributed by atoms with Gasteiger partial charge < -0.3 is 23.8 Å². The van der Waals surface area contributed by atoms with Crippen LogP contribution in [0.4, 0.5) is 0 Å². The Bertz CT molecular complexity index is 895. The number of carbonyl (C=O) groups is 3. The number of nitrogens with zero attached hydrogens (tertiary/aromatic N) is 1. The number of allylic oxidation sites excluding steroid dienone is 4. The zero-order valence-electron chi connectivity index (χ0n) is 33.8. The topological polar surface area (TPSA) is 99.1 Å². The SMILES string of the molecule is CC/C=C/C/C=C/CCCCCCCCCC(=O)OC(COCCC(C(=O)O)[N+](C)(C)C)COC(=O)CCCCCCCCCCCCCCC. The smallest absolute Gasteiger partial charge is 0.362 e. The molecule has 0 aromatic rings. The van der Waals surface area contributed by atoms with E-state index in [0.717, 1.165) is 57.8 Å². The van der Waals surface area contributed by atoms with Gasteiger partial charge in [-0.25, -0.2) is 4.79 Å². The predicted molar refractivity (Wildman–Crippen MR) is 211 cm³/mol. The summed E-state index contributed by atoms with van der Waals surface area (Å²) >= 11 is 0. The molecule has 0 saturated heterocycles. The molecule has 0 saturated carbocycles. The quantitative estimate of drug-likeness (QED) is 0.0295. The summed E-state index contributed by atoms with van der Waals surface area (Å²) in [5, 5.41) is 9.60. The fourth-order valence-electron chi connectivity index (χ4n) is 6.13. The van der Waals surface area contributed by atoms with Crippen LogP contribution >= 0.6 is 0 Å². The van der Waals surface area contributed by atoms with Crippen LogP contribution in [0.1, 0.15) is 181 Å². The molecule has 0 aromatic carbocycles. The first kappa shape index (κ1) is 48.8. The van der Waals surface area contributed by atoms with Gasteiger partial charge in [0.05, 0.1) is 34.4 Å². The minimum atomic E-state index is -0.876. The van der Waals surface area contributed by atoms with Crippen molar-refractivity contribution in [2.45, 2.75) is 193 Å². The highest BCUT2D eigenvalue weighted by Crippen LogP contribution is 2.15. The van der Waals surface area contributed by atoms with Crippen LogP contribution < -0.4 is 0 Å². The van der Waals surface area contributed by atoms with E-state index in [2.05, 4.69) is 38.2 Å². The lowest BCUT2D eigenvalue weighted by molar-refractivity contribution is -0.887. The molecule has 2 unspecified atom stereocenters. The van der Waals surface area contributed by atoms with Crippen molar-refractivity contribution in [3.8, 4) is 0 Å². The number of carbonyl (C=O) groups excluding carboxylic acids is 2. The van der Waals surface area contributed by atoms with E-state index < -0.39 is 18.1 Å². The van der Waals surface area contributed by atoms with Crippen LogP contribution in [-0.4, -0.2) is 80.6 Å². The Balaban J connectivity index is 4.37. The summed E-state index contributed by atoms with van der Waals surface area (Å²) < 4.78 is 17.2. The molecule has 0 fully saturated rings. The molecule has 2 atom stereocenters. The van der Waals surface area contributed by atoms with Crippen LogP contribution in [0.3, 0.4) is 0 Å². The van der Waals surface area contributed by atoms with Gasteiger partial charge in [0.25, 0.3) is 0 Å². The zero-order valence-corrected chi connectivity index (χ0v) is 33.8. The van der Waals surface area contributed by atoms with E-state index in [-0.39, 0.29) is 36.2 Å². The average molecular weight is 723 g/mol. The van der Waals surface area contributed by atoms with Crippen LogP contribution in [0.15, 0.2) is 24.3 Å². The van der Waals surface area contributed by atoms with Gasteiger partial charge in [-0.1, -0.05) is 147 Å². The highest BCUT2D eigenvalue weighted by Gasteiger charge is 2.31. The maximum absolute atomic E-state index is 12.7. The molecule has 1 N–H and O–H groups in total. The Kier molecular flexibility index (Phi) is 33.4. The molecule has 0 rings (SSSR count). The molecule has 0 aliphatic rings. The standard InChI is InChI=1S/C43H79NO7/c1-6-8-10-12-14-16-18-20-22-24-26-28-30-32-34-42(46)51-39(37-49-36-35-40(43(47)48)44(3,4)5)38-50-41(45)33-31-29-27-25-23-21-19-17-15-13-11-9-7-2/h8,10,14,16,39-40H,6-7,9,11-13,15,17-38H2,1-5H3/p+1/b10-8+,16-14+. The molecule has 298 valence electrons. The molecule has 0 heterocycles. The van der Waals surface area contributed by atoms with Crippen molar-refractivity contribution in [1.82, 2.24) is 0 Å². The Hall–Kier alpha value is -2.19. The number of rotatable bonds is 37. The van der Waals surface area contributed by atoms with Crippen LogP contribution in [-0.2, 0) is 28.6 Å². The number of quaternary nitrogens is 1. The molecule has 0 amide bonds. The maximum atomic E-state index is 12.7. The first-order chi connectivity index (χ1) is 24.6. The van der Waals surface area contributed by atoms with Crippen molar-refractivity contribution in [2.75, 3.05) is 41.0 Å².